The van der Waals surface area contributed by atoms with Crippen LogP contribution in [0.15, 0.2) is 47.5 Å². The van der Waals surface area contributed by atoms with Gasteiger partial charge in [-0.25, -0.2) is 21.9 Å². The number of hydrogen-bond donors (Lipinski definition) is 1. The van der Waals surface area contributed by atoms with Gasteiger partial charge in [0.15, 0.2) is 0 Å². The molecule has 2 heterocycles. The molecule has 1 N–H and O–H groups in total. The molecule has 0 bridgehead atoms. The van der Waals surface area contributed by atoms with Gasteiger partial charge in [-0.05, 0) is 37.0 Å². The van der Waals surface area contributed by atoms with Gasteiger partial charge in [0.2, 0.25) is 10.0 Å². The Morgan fingerprint density at radius 1 is 1.22 bits per heavy atom. The minimum absolute atomic E-state index is 0.190. The van der Waals surface area contributed by atoms with Gasteiger partial charge in [-0.15, -0.1) is 0 Å². The molecule has 9 heteroatoms. The van der Waals surface area contributed by atoms with E-state index in [1.54, 1.807) is 6.07 Å². The van der Waals surface area contributed by atoms with E-state index in [1.165, 1.54) is 6.07 Å². The molecule has 2 aromatic heterocycles. The molecule has 32 heavy (non-hydrogen) atoms. The molecule has 168 valence electrons. The highest BCUT2D eigenvalue weighted by atomic mass is 32.2. The van der Waals surface area contributed by atoms with Gasteiger partial charge >= 0.3 is 0 Å². The predicted octanol–water partition coefficient (Wildman–Crippen LogP) is 4.52. The van der Waals surface area contributed by atoms with Gasteiger partial charge in [0.05, 0.1) is 28.5 Å². The van der Waals surface area contributed by atoms with Gasteiger partial charge in [0.1, 0.15) is 24.3 Å². The largest absolute Gasteiger partial charge is 0.335 e. The average Bonchev–Trinajstić information content (AvgIpc) is 3.11. The third-order valence-electron chi connectivity index (χ3n) is 6.24. The second-order valence-electron chi connectivity index (χ2n) is 8.04. The van der Waals surface area contributed by atoms with Gasteiger partial charge < -0.3 is 4.57 Å². The lowest BCUT2D eigenvalue weighted by Gasteiger charge is -2.39. The number of benzene rings is 1. The molecule has 4 rings (SSSR count). The van der Waals surface area contributed by atoms with Gasteiger partial charge in [-0.1, -0.05) is 31.5 Å². The first-order valence-electron chi connectivity index (χ1n) is 10.6. The van der Waals surface area contributed by atoms with E-state index in [0.29, 0.717) is 22.9 Å². The smallest absolute Gasteiger partial charge is 0.242 e. The summed E-state index contributed by atoms with van der Waals surface area (Å²) in [5.41, 5.74) is 2.60. The number of pyridine rings is 1. The van der Waals surface area contributed by atoms with Crippen LogP contribution in [0, 0.1) is 17.2 Å². The van der Waals surface area contributed by atoms with E-state index in [1.807, 2.05) is 29.0 Å². The molecule has 6 nitrogen and oxygen atoms in total. The topological polar surface area (TPSA) is 87.8 Å². The van der Waals surface area contributed by atoms with Crippen molar-refractivity contribution in [1.82, 2.24) is 14.3 Å². The van der Waals surface area contributed by atoms with Crippen LogP contribution in [-0.4, -0.2) is 37.4 Å². The first-order valence-corrected chi connectivity index (χ1v) is 12.1. The van der Waals surface area contributed by atoms with Crippen molar-refractivity contribution >= 4 is 20.9 Å². The lowest BCUT2D eigenvalue weighted by molar-refractivity contribution is 0.182. The number of nitriles is 1. The SMILES string of the molecule is CCC1CCC1n1c(-c2ccc(S(=O)(=O)NC(CF)CF)cn2)c(C#N)c2ccccc21. The minimum Gasteiger partial charge on any atom is -0.335 e. The summed E-state index contributed by atoms with van der Waals surface area (Å²) in [6, 6.07) is 11.7. The van der Waals surface area contributed by atoms with E-state index in [9.17, 15) is 22.5 Å². The summed E-state index contributed by atoms with van der Waals surface area (Å²) in [5.74, 6) is 0.498. The first-order chi connectivity index (χ1) is 15.4. The third kappa shape index (κ3) is 3.78. The van der Waals surface area contributed by atoms with Crippen molar-refractivity contribution < 1.29 is 17.2 Å². The van der Waals surface area contributed by atoms with Crippen molar-refractivity contribution in [3.05, 3.63) is 48.2 Å². The van der Waals surface area contributed by atoms with Gasteiger partial charge in [-0.2, -0.15) is 5.26 Å². The Balaban J connectivity index is 1.81. The highest BCUT2D eigenvalue weighted by Crippen LogP contribution is 2.46. The maximum absolute atomic E-state index is 12.8. The van der Waals surface area contributed by atoms with E-state index < -0.39 is 29.4 Å². The van der Waals surface area contributed by atoms with Gasteiger partial charge in [-0.3, -0.25) is 4.98 Å². The second-order valence-corrected chi connectivity index (χ2v) is 9.76. The number of fused-ring (bicyclic) bond motifs is 1. The van der Waals surface area contributed by atoms with Crippen LogP contribution in [0.3, 0.4) is 0 Å². The quantitative estimate of drug-likeness (QED) is 0.538. The third-order valence-corrected chi connectivity index (χ3v) is 7.75. The highest BCUT2D eigenvalue weighted by Gasteiger charge is 2.35. The molecule has 0 aliphatic heterocycles. The van der Waals surface area contributed by atoms with E-state index in [4.69, 9.17) is 0 Å². The molecule has 1 aromatic carbocycles. The first kappa shape index (κ1) is 22.4. The summed E-state index contributed by atoms with van der Waals surface area (Å²) in [7, 11) is -4.12. The van der Waals surface area contributed by atoms with E-state index in [2.05, 4.69) is 22.5 Å². The maximum atomic E-state index is 12.8. The van der Waals surface area contributed by atoms with Gasteiger partial charge in [0.25, 0.3) is 0 Å². The molecular formula is C23H24F2N4O2S. The van der Waals surface area contributed by atoms with Crippen LogP contribution in [0.5, 0.6) is 0 Å². The van der Waals surface area contributed by atoms with Crippen LogP contribution >= 0.6 is 0 Å². The minimum atomic E-state index is -4.12. The number of halogens is 2. The Morgan fingerprint density at radius 3 is 2.53 bits per heavy atom. The lowest BCUT2D eigenvalue weighted by atomic mass is 9.77. The summed E-state index contributed by atoms with van der Waals surface area (Å²) >= 11 is 0. The molecule has 2 atom stereocenters. The predicted molar refractivity (Wildman–Crippen MR) is 118 cm³/mol. The van der Waals surface area contributed by atoms with Crippen molar-refractivity contribution in [2.75, 3.05) is 13.3 Å². The van der Waals surface area contributed by atoms with E-state index in [0.717, 1.165) is 36.4 Å². The Kier molecular flexibility index (Phi) is 6.26. The molecule has 0 saturated heterocycles. The Labute approximate surface area is 185 Å². The molecule has 0 spiro atoms. The molecule has 1 saturated carbocycles. The van der Waals surface area contributed by atoms with E-state index in [-0.39, 0.29) is 10.9 Å². The maximum Gasteiger partial charge on any atom is 0.242 e. The van der Waals surface area contributed by atoms with Crippen molar-refractivity contribution in [1.29, 1.82) is 5.26 Å². The molecule has 0 radical (unpaired) electrons. The Bertz CT molecular complexity index is 1260. The van der Waals surface area contributed by atoms with Crippen LogP contribution in [0.1, 0.15) is 37.8 Å². The van der Waals surface area contributed by atoms with Crippen LogP contribution < -0.4 is 4.72 Å². The normalized spacial score (nSPS) is 18.6. The van der Waals surface area contributed by atoms with Crippen molar-refractivity contribution in [2.45, 2.75) is 43.2 Å². The number of hydrogen-bond acceptors (Lipinski definition) is 4. The Hall–Kier alpha value is -2.83. The molecule has 3 aromatic rings. The molecular weight excluding hydrogens is 434 g/mol. The monoisotopic (exact) mass is 458 g/mol. The van der Waals surface area contributed by atoms with Crippen LogP contribution in [0.4, 0.5) is 8.78 Å². The number of rotatable bonds is 8. The van der Waals surface area contributed by atoms with Crippen molar-refractivity contribution in [3.63, 3.8) is 0 Å². The van der Waals surface area contributed by atoms with E-state index >= 15 is 0 Å². The molecule has 1 fully saturated rings. The van der Waals surface area contributed by atoms with Crippen molar-refractivity contribution in [3.8, 4) is 17.5 Å². The molecule has 1 aliphatic rings. The van der Waals surface area contributed by atoms with Crippen molar-refractivity contribution in [2.24, 2.45) is 5.92 Å². The zero-order valence-electron chi connectivity index (χ0n) is 17.6. The number of nitrogens with zero attached hydrogens (tertiary/aromatic N) is 3. The average molecular weight is 459 g/mol. The Morgan fingerprint density at radius 2 is 1.97 bits per heavy atom. The second kappa shape index (κ2) is 8.96. The summed E-state index contributed by atoms with van der Waals surface area (Å²) in [6.07, 6.45) is 4.31. The zero-order chi connectivity index (χ0) is 22.9. The zero-order valence-corrected chi connectivity index (χ0v) is 18.4. The van der Waals surface area contributed by atoms with Crippen LogP contribution in [0.25, 0.3) is 22.3 Å². The summed E-state index contributed by atoms with van der Waals surface area (Å²) in [5, 5.41) is 10.8. The fourth-order valence-corrected chi connectivity index (χ4v) is 5.55. The lowest BCUT2D eigenvalue weighted by Crippen LogP contribution is -2.37. The number of nitrogens with one attached hydrogen (secondary N) is 1. The fraction of sp³-hybridized carbons (Fsp3) is 0.391. The number of aromatic nitrogens is 2. The van der Waals surface area contributed by atoms with Gasteiger partial charge in [0, 0.05) is 17.6 Å². The summed E-state index contributed by atoms with van der Waals surface area (Å²) in [4.78, 5) is 4.16. The van der Waals surface area contributed by atoms with Crippen LogP contribution in [-0.2, 0) is 10.0 Å². The van der Waals surface area contributed by atoms with Crippen LogP contribution in [0.2, 0.25) is 0 Å². The standard InChI is InChI=1S/C23H24F2N4O2S/c1-2-15-7-10-21(15)29-22-6-4-3-5-18(22)19(13-26)23(29)20-9-8-17(14-27-20)32(30,31)28-16(11-24)12-25/h3-6,8-9,14-16,21,28H,2,7,10-12H2,1H3. The highest BCUT2D eigenvalue weighted by molar-refractivity contribution is 7.89. The summed E-state index contributed by atoms with van der Waals surface area (Å²) < 4.78 is 54.6. The summed E-state index contributed by atoms with van der Waals surface area (Å²) in [6.45, 7) is -0.139. The molecule has 2 unspecified atom stereocenters. The molecule has 0 amide bonds. The fourth-order valence-electron chi connectivity index (χ4n) is 4.41. The number of para-hydroxylation sites is 1. The number of sulfonamides is 1. The molecule has 1 aliphatic carbocycles. The number of alkyl halides is 2.